The quantitative estimate of drug-likeness (QED) is 0.756. The summed E-state index contributed by atoms with van der Waals surface area (Å²) in [4.78, 5) is 0. The van der Waals surface area contributed by atoms with E-state index in [1.54, 1.807) is 0 Å². The summed E-state index contributed by atoms with van der Waals surface area (Å²) in [5.74, 6) is 0.855. The SMILES string of the molecule is CCC(CO)NCCOc1cccc(Br)c1. The molecule has 1 unspecified atom stereocenters. The molecule has 90 valence electrons. The van der Waals surface area contributed by atoms with Gasteiger partial charge in [0.2, 0.25) is 0 Å². The van der Waals surface area contributed by atoms with Gasteiger partial charge in [-0.05, 0) is 24.6 Å². The maximum Gasteiger partial charge on any atom is 0.120 e. The first kappa shape index (κ1) is 13.5. The van der Waals surface area contributed by atoms with E-state index in [1.807, 2.05) is 31.2 Å². The Morgan fingerprint density at radius 2 is 2.31 bits per heavy atom. The van der Waals surface area contributed by atoms with Crippen molar-refractivity contribution in [2.45, 2.75) is 19.4 Å². The molecule has 3 nitrogen and oxygen atoms in total. The predicted octanol–water partition coefficient (Wildman–Crippen LogP) is 2.19. The van der Waals surface area contributed by atoms with E-state index in [1.165, 1.54) is 0 Å². The van der Waals surface area contributed by atoms with Gasteiger partial charge in [-0.2, -0.15) is 0 Å². The Balaban J connectivity index is 2.20. The summed E-state index contributed by atoms with van der Waals surface area (Å²) < 4.78 is 6.57. The summed E-state index contributed by atoms with van der Waals surface area (Å²) in [7, 11) is 0. The number of hydrogen-bond acceptors (Lipinski definition) is 3. The topological polar surface area (TPSA) is 41.5 Å². The lowest BCUT2D eigenvalue weighted by molar-refractivity contribution is 0.227. The molecule has 1 aromatic rings. The summed E-state index contributed by atoms with van der Waals surface area (Å²) in [5.41, 5.74) is 0. The molecule has 0 amide bonds. The van der Waals surface area contributed by atoms with Gasteiger partial charge < -0.3 is 15.2 Å². The van der Waals surface area contributed by atoms with Crippen LogP contribution in [-0.2, 0) is 0 Å². The van der Waals surface area contributed by atoms with Crippen LogP contribution in [0, 0.1) is 0 Å². The summed E-state index contributed by atoms with van der Waals surface area (Å²) in [5, 5.41) is 12.2. The minimum absolute atomic E-state index is 0.172. The van der Waals surface area contributed by atoms with Gasteiger partial charge in [0, 0.05) is 17.1 Å². The van der Waals surface area contributed by atoms with Crippen LogP contribution in [0.4, 0.5) is 0 Å². The molecule has 0 aromatic heterocycles. The smallest absolute Gasteiger partial charge is 0.120 e. The fourth-order valence-electron chi connectivity index (χ4n) is 1.33. The number of ether oxygens (including phenoxy) is 1. The Kier molecular flexibility index (Phi) is 6.45. The molecule has 0 spiro atoms. The fourth-order valence-corrected chi connectivity index (χ4v) is 1.70. The Morgan fingerprint density at radius 1 is 1.50 bits per heavy atom. The molecular formula is C12H18BrNO2. The zero-order chi connectivity index (χ0) is 11.8. The van der Waals surface area contributed by atoms with Crippen LogP contribution in [-0.4, -0.2) is 30.9 Å². The molecule has 0 heterocycles. The van der Waals surface area contributed by atoms with Crippen molar-refractivity contribution in [2.24, 2.45) is 0 Å². The zero-order valence-electron chi connectivity index (χ0n) is 9.45. The first-order chi connectivity index (χ1) is 7.76. The highest BCUT2D eigenvalue weighted by atomic mass is 79.9. The molecule has 16 heavy (non-hydrogen) atoms. The molecule has 0 bridgehead atoms. The zero-order valence-corrected chi connectivity index (χ0v) is 11.0. The van der Waals surface area contributed by atoms with Crippen LogP contribution >= 0.6 is 15.9 Å². The third kappa shape index (κ3) is 4.96. The van der Waals surface area contributed by atoms with E-state index < -0.39 is 0 Å². The molecule has 0 aliphatic rings. The summed E-state index contributed by atoms with van der Waals surface area (Å²) in [6.45, 7) is 3.56. The highest BCUT2D eigenvalue weighted by Crippen LogP contribution is 2.17. The van der Waals surface area contributed by atoms with Crippen molar-refractivity contribution in [3.8, 4) is 5.75 Å². The molecule has 0 aliphatic heterocycles. The maximum atomic E-state index is 8.97. The third-order valence-corrected chi connectivity index (χ3v) is 2.81. The van der Waals surface area contributed by atoms with Crippen molar-refractivity contribution in [1.82, 2.24) is 5.32 Å². The molecule has 1 rings (SSSR count). The second-order valence-electron chi connectivity index (χ2n) is 3.55. The molecule has 4 heteroatoms. The number of nitrogens with one attached hydrogen (secondary N) is 1. The molecule has 1 atom stereocenters. The normalized spacial score (nSPS) is 12.4. The molecule has 2 N–H and O–H groups in total. The van der Waals surface area contributed by atoms with E-state index in [0.29, 0.717) is 6.61 Å². The van der Waals surface area contributed by atoms with Gasteiger partial charge in [0.1, 0.15) is 12.4 Å². The van der Waals surface area contributed by atoms with Gasteiger partial charge in [-0.3, -0.25) is 0 Å². The van der Waals surface area contributed by atoms with Crippen molar-refractivity contribution < 1.29 is 9.84 Å². The van der Waals surface area contributed by atoms with Crippen LogP contribution in [0.3, 0.4) is 0 Å². The molecular weight excluding hydrogens is 270 g/mol. The number of rotatable bonds is 7. The number of hydrogen-bond donors (Lipinski definition) is 2. The molecule has 0 fully saturated rings. The standard InChI is InChI=1S/C12H18BrNO2/c1-2-11(9-15)14-6-7-16-12-5-3-4-10(13)8-12/h3-5,8,11,14-15H,2,6-7,9H2,1H3. The van der Waals surface area contributed by atoms with Gasteiger partial charge in [-0.1, -0.05) is 28.9 Å². The van der Waals surface area contributed by atoms with Gasteiger partial charge in [0.25, 0.3) is 0 Å². The Morgan fingerprint density at radius 3 is 2.94 bits per heavy atom. The van der Waals surface area contributed by atoms with Crippen LogP contribution in [0.25, 0.3) is 0 Å². The van der Waals surface area contributed by atoms with Crippen molar-refractivity contribution in [3.63, 3.8) is 0 Å². The lowest BCUT2D eigenvalue weighted by Gasteiger charge is -2.14. The predicted molar refractivity (Wildman–Crippen MR) is 68.8 cm³/mol. The monoisotopic (exact) mass is 287 g/mol. The number of aliphatic hydroxyl groups excluding tert-OH is 1. The fraction of sp³-hybridized carbons (Fsp3) is 0.500. The average Bonchev–Trinajstić information content (AvgIpc) is 2.29. The van der Waals surface area contributed by atoms with Crippen LogP contribution in [0.2, 0.25) is 0 Å². The van der Waals surface area contributed by atoms with Gasteiger partial charge in [-0.15, -0.1) is 0 Å². The maximum absolute atomic E-state index is 8.97. The number of halogens is 1. The Hall–Kier alpha value is -0.580. The van der Waals surface area contributed by atoms with E-state index in [0.717, 1.165) is 23.2 Å². The molecule has 1 aromatic carbocycles. The van der Waals surface area contributed by atoms with E-state index >= 15 is 0 Å². The van der Waals surface area contributed by atoms with E-state index in [2.05, 4.69) is 21.2 Å². The molecule has 0 radical (unpaired) electrons. The summed E-state index contributed by atoms with van der Waals surface area (Å²) in [6, 6.07) is 7.93. The molecule has 0 saturated heterocycles. The third-order valence-electron chi connectivity index (χ3n) is 2.31. The highest BCUT2D eigenvalue weighted by molar-refractivity contribution is 9.10. The molecule has 0 aliphatic carbocycles. The number of aliphatic hydroxyl groups is 1. The van der Waals surface area contributed by atoms with E-state index in [-0.39, 0.29) is 12.6 Å². The van der Waals surface area contributed by atoms with E-state index in [9.17, 15) is 0 Å². The molecule has 0 saturated carbocycles. The Labute approximate surface area is 105 Å². The minimum Gasteiger partial charge on any atom is -0.492 e. The Bertz CT molecular complexity index is 303. The first-order valence-corrected chi connectivity index (χ1v) is 6.28. The van der Waals surface area contributed by atoms with Crippen LogP contribution in [0.15, 0.2) is 28.7 Å². The second kappa shape index (κ2) is 7.65. The van der Waals surface area contributed by atoms with Crippen LogP contribution < -0.4 is 10.1 Å². The van der Waals surface area contributed by atoms with Gasteiger partial charge >= 0.3 is 0 Å². The number of benzene rings is 1. The van der Waals surface area contributed by atoms with Crippen molar-refractivity contribution in [2.75, 3.05) is 19.8 Å². The van der Waals surface area contributed by atoms with Gasteiger partial charge in [0.15, 0.2) is 0 Å². The van der Waals surface area contributed by atoms with E-state index in [4.69, 9.17) is 9.84 Å². The first-order valence-electron chi connectivity index (χ1n) is 5.49. The largest absolute Gasteiger partial charge is 0.492 e. The van der Waals surface area contributed by atoms with Crippen molar-refractivity contribution in [1.29, 1.82) is 0 Å². The summed E-state index contributed by atoms with van der Waals surface area (Å²) in [6.07, 6.45) is 0.924. The average molecular weight is 288 g/mol. The van der Waals surface area contributed by atoms with Gasteiger partial charge in [0.05, 0.1) is 6.61 Å². The second-order valence-corrected chi connectivity index (χ2v) is 4.46. The van der Waals surface area contributed by atoms with Crippen molar-refractivity contribution in [3.05, 3.63) is 28.7 Å². The summed E-state index contributed by atoms with van der Waals surface area (Å²) >= 11 is 3.39. The van der Waals surface area contributed by atoms with Crippen LogP contribution in [0.1, 0.15) is 13.3 Å². The lowest BCUT2D eigenvalue weighted by atomic mass is 10.2. The lowest BCUT2D eigenvalue weighted by Crippen LogP contribution is -2.34. The minimum atomic E-state index is 0.172. The van der Waals surface area contributed by atoms with Gasteiger partial charge in [-0.25, -0.2) is 0 Å². The highest BCUT2D eigenvalue weighted by Gasteiger charge is 2.02. The van der Waals surface area contributed by atoms with Crippen LogP contribution in [0.5, 0.6) is 5.75 Å². The van der Waals surface area contributed by atoms with Crippen molar-refractivity contribution >= 4 is 15.9 Å².